The van der Waals surface area contributed by atoms with Gasteiger partial charge >= 0.3 is 0 Å². The molecule has 7 nitrogen and oxygen atoms in total. The molecular weight excluding hydrogens is 420 g/mol. The fraction of sp³-hybridized carbons (Fsp3) is 0.429. The predicted octanol–water partition coefficient (Wildman–Crippen LogP) is 3.42. The number of nitrogens with one attached hydrogen (secondary N) is 1. The van der Waals surface area contributed by atoms with Gasteiger partial charge in [0.15, 0.2) is 0 Å². The number of hydrogen-bond acceptors (Lipinski definition) is 7. The Kier molecular flexibility index (Phi) is 4.99. The summed E-state index contributed by atoms with van der Waals surface area (Å²) in [6.45, 7) is 2.47. The number of nitrogens with zero attached hydrogens (tertiary/aromatic N) is 3. The van der Waals surface area contributed by atoms with Gasteiger partial charge in [0.05, 0.1) is 35.5 Å². The maximum atomic E-state index is 12.5. The van der Waals surface area contributed by atoms with Gasteiger partial charge in [-0.05, 0) is 43.6 Å². The third kappa shape index (κ3) is 3.70. The maximum absolute atomic E-state index is 12.5. The van der Waals surface area contributed by atoms with E-state index in [1.807, 2.05) is 30.7 Å². The first-order chi connectivity index (χ1) is 14.5. The lowest BCUT2D eigenvalue weighted by Gasteiger charge is -2.34. The van der Waals surface area contributed by atoms with Crippen LogP contribution in [0.3, 0.4) is 0 Å². The topological polar surface area (TPSA) is 84.4 Å². The van der Waals surface area contributed by atoms with E-state index in [-0.39, 0.29) is 16.3 Å². The zero-order valence-electron chi connectivity index (χ0n) is 16.7. The molecule has 30 heavy (non-hydrogen) atoms. The van der Waals surface area contributed by atoms with E-state index < -0.39 is 10.0 Å². The van der Waals surface area contributed by atoms with E-state index in [0.29, 0.717) is 12.5 Å². The molecule has 1 aliphatic heterocycles. The van der Waals surface area contributed by atoms with Crippen LogP contribution in [0.25, 0.3) is 11.3 Å². The fourth-order valence-corrected chi connectivity index (χ4v) is 6.58. The second kappa shape index (κ2) is 7.55. The average molecular weight is 445 g/mol. The van der Waals surface area contributed by atoms with Crippen molar-refractivity contribution in [1.82, 2.24) is 19.6 Å². The predicted molar refractivity (Wildman–Crippen MR) is 117 cm³/mol. The van der Waals surface area contributed by atoms with Crippen LogP contribution < -0.4 is 9.46 Å². The Morgan fingerprint density at radius 3 is 2.67 bits per heavy atom. The molecule has 0 radical (unpaired) electrons. The molecule has 0 spiro atoms. The summed E-state index contributed by atoms with van der Waals surface area (Å²) >= 11 is 1.51. The first kappa shape index (κ1) is 19.8. The van der Waals surface area contributed by atoms with Crippen LogP contribution in [-0.2, 0) is 15.6 Å². The molecule has 2 aromatic rings. The number of benzene rings is 1. The normalized spacial score (nSPS) is 22.3. The van der Waals surface area contributed by atoms with Gasteiger partial charge in [-0.15, -0.1) is 0 Å². The molecule has 1 unspecified atom stereocenters. The molecule has 2 saturated carbocycles. The summed E-state index contributed by atoms with van der Waals surface area (Å²) in [4.78, 5) is 10.9. The summed E-state index contributed by atoms with van der Waals surface area (Å²) in [7, 11) is -3.25. The van der Waals surface area contributed by atoms with E-state index in [4.69, 9.17) is 4.74 Å². The Balaban J connectivity index is 1.36. The van der Waals surface area contributed by atoms with Gasteiger partial charge in [-0.3, -0.25) is 4.98 Å². The van der Waals surface area contributed by atoms with Crippen molar-refractivity contribution >= 4 is 21.8 Å². The minimum Gasteiger partial charge on any atom is -0.477 e. The first-order valence-corrected chi connectivity index (χ1v) is 12.7. The third-order valence-corrected chi connectivity index (χ3v) is 8.68. The number of aromatic nitrogens is 2. The minimum atomic E-state index is -3.25. The fourth-order valence-electron chi connectivity index (χ4n) is 3.86. The van der Waals surface area contributed by atoms with Crippen LogP contribution in [-0.4, -0.2) is 40.6 Å². The summed E-state index contributed by atoms with van der Waals surface area (Å²) in [6.07, 6.45) is 8.88. The molecular formula is C21H24N4O3S2. The maximum Gasteiger partial charge on any atom is 0.232 e. The van der Waals surface area contributed by atoms with Gasteiger partial charge in [0, 0.05) is 11.8 Å². The molecule has 2 aliphatic carbocycles. The second-order valence-electron chi connectivity index (χ2n) is 7.83. The molecule has 0 bridgehead atoms. The molecule has 5 rings (SSSR count). The van der Waals surface area contributed by atoms with Gasteiger partial charge < -0.3 is 9.64 Å². The van der Waals surface area contributed by atoms with Crippen LogP contribution in [0.5, 0.6) is 5.88 Å². The van der Waals surface area contributed by atoms with E-state index in [1.54, 1.807) is 12.4 Å². The van der Waals surface area contributed by atoms with Crippen LogP contribution in [0.15, 0.2) is 48.3 Å². The van der Waals surface area contributed by atoms with Gasteiger partial charge in [0.2, 0.25) is 15.9 Å². The zero-order valence-corrected chi connectivity index (χ0v) is 18.3. The molecule has 1 N–H and O–H groups in total. The lowest BCUT2D eigenvalue weighted by molar-refractivity contribution is 0.237. The Morgan fingerprint density at radius 1 is 1.23 bits per heavy atom. The van der Waals surface area contributed by atoms with E-state index in [9.17, 15) is 8.42 Å². The van der Waals surface area contributed by atoms with Crippen LogP contribution >= 0.6 is 11.8 Å². The molecule has 1 aromatic heterocycles. The SMILES string of the molecule is CCOc1cncc(-c2ccc(C3(N4C=CSC4NS(=O)(=O)C4CC4)CC3)cc2)n1. The highest BCUT2D eigenvalue weighted by Crippen LogP contribution is 2.54. The summed E-state index contributed by atoms with van der Waals surface area (Å²) in [5.74, 6) is 0.516. The quantitative estimate of drug-likeness (QED) is 0.668. The van der Waals surface area contributed by atoms with Crippen LogP contribution in [0, 0.1) is 0 Å². The van der Waals surface area contributed by atoms with E-state index in [1.165, 1.54) is 17.3 Å². The molecule has 0 amide bonds. The number of rotatable bonds is 8. The van der Waals surface area contributed by atoms with Crippen molar-refractivity contribution in [3.05, 3.63) is 53.8 Å². The number of thioether (sulfide) groups is 1. The summed E-state index contributed by atoms with van der Waals surface area (Å²) in [6, 6.07) is 8.32. The molecule has 0 saturated heterocycles. The van der Waals surface area contributed by atoms with Gasteiger partial charge in [0.25, 0.3) is 0 Å². The molecule has 3 aliphatic rings. The van der Waals surface area contributed by atoms with Crippen molar-refractivity contribution in [1.29, 1.82) is 0 Å². The highest BCUT2D eigenvalue weighted by molar-refractivity contribution is 8.03. The van der Waals surface area contributed by atoms with Crippen LogP contribution in [0.4, 0.5) is 0 Å². The van der Waals surface area contributed by atoms with E-state index in [2.05, 4.69) is 31.7 Å². The number of sulfonamides is 1. The highest BCUT2D eigenvalue weighted by Gasteiger charge is 2.53. The summed E-state index contributed by atoms with van der Waals surface area (Å²) in [5, 5.41) is 1.76. The van der Waals surface area contributed by atoms with Crippen molar-refractivity contribution in [3.8, 4) is 17.1 Å². The number of ether oxygens (including phenoxy) is 1. The molecule has 2 fully saturated rings. The molecule has 1 atom stereocenters. The Hall–Kier alpha value is -2.10. The van der Waals surface area contributed by atoms with Crippen molar-refractivity contribution in [2.45, 2.75) is 48.9 Å². The largest absolute Gasteiger partial charge is 0.477 e. The van der Waals surface area contributed by atoms with Crippen molar-refractivity contribution in [2.75, 3.05) is 6.61 Å². The Bertz CT molecular complexity index is 1060. The van der Waals surface area contributed by atoms with E-state index >= 15 is 0 Å². The Morgan fingerprint density at radius 2 is 2.00 bits per heavy atom. The van der Waals surface area contributed by atoms with Gasteiger partial charge in [-0.2, -0.15) is 4.72 Å². The first-order valence-electron chi connectivity index (χ1n) is 10.2. The molecule has 2 heterocycles. The van der Waals surface area contributed by atoms with Crippen molar-refractivity contribution in [3.63, 3.8) is 0 Å². The lowest BCUT2D eigenvalue weighted by atomic mass is 10.0. The van der Waals surface area contributed by atoms with E-state index in [0.717, 1.165) is 36.9 Å². The molecule has 1 aromatic carbocycles. The molecule has 158 valence electrons. The monoisotopic (exact) mass is 444 g/mol. The highest BCUT2D eigenvalue weighted by atomic mass is 32.2. The third-order valence-electron chi connectivity index (χ3n) is 5.75. The van der Waals surface area contributed by atoms with Gasteiger partial charge in [-0.1, -0.05) is 36.0 Å². The minimum absolute atomic E-state index is 0.159. The van der Waals surface area contributed by atoms with Gasteiger partial charge in [-0.25, -0.2) is 13.4 Å². The Labute approximate surface area is 181 Å². The molecule has 9 heteroatoms. The summed E-state index contributed by atoms with van der Waals surface area (Å²) < 4.78 is 33.3. The lowest BCUT2D eigenvalue weighted by Crippen LogP contribution is -2.47. The standard InChI is InChI=1S/C21H24N4O3S2/c1-2-28-19-14-22-13-18(23-19)15-3-5-16(6-4-15)21(9-10-21)25-11-12-29-20(25)24-30(26,27)17-7-8-17/h3-6,11-14,17,20,24H,2,7-10H2,1H3. The second-order valence-corrected chi connectivity index (χ2v) is 10.8. The van der Waals surface area contributed by atoms with Crippen molar-refractivity contribution in [2.24, 2.45) is 0 Å². The summed E-state index contributed by atoms with van der Waals surface area (Å²) in [5.41, 5.74) is 2.48. The van der Waals surface area contributed by atoms with Crippen LogP contribution in [0.2, 0.25) is 0 Å². The van der Waals surface area contributed by atoms with Gasteiger partial charge in [0.1, 0.15) is 5.50 Å². The number of hydrogen-bond donors (Lipinski definition) is 1. The smallest absolute Gasteiger partial charge is 0.232 e. The van der Waals surface area contributed by atoms with Crippen molar-refractivity contribution < 1.29 is 13.2 Å². The zero-order chi connectivity index (χ0) is 20.8. The average Bonchev–Trinajstić information content (AvgIpc) is 3.67. The van der Waals surface area contributed by atoms with Crippen LogP contribution in [0.1, 0.15) is 38.2 Å².